The van der Waals surface area contributed by atoms with Crippen molar-refractivity contribution in [1.82, 2.24) is 19.6 Å². The van der Waals surface area contributed by atoms with Gasteiger partial charge in [0.05, 0.1) is 23.6 Å². The van der Waals surface area contributed by atoms with Gasteiger partial charge in [0.2, 0.25) is 0 Å². The first-order valence-electron chi connectivity index (χ1n) is 9.26. The predicted octanol–water partition coefficient (Wildman–Crippen LogP) is 3.67. The first-order valence-corrected chi connectivity index (χ1v) is 10.7. The molecule has 0 unspecified atom stereocenters. The van der Waals surface area contributed by atoms with Crippen molar-refractivity contribution in [3.8, 4) is 5.69 Å². The number of aryl methyl sites for hydroxylation is 1. The van der Waals surface area contributed by atoms with E-state index in [1.807, 2.05) is 30.3 Å². The molecule has 30 heavy (non-hydrogen) atoms. The Kier molecular flexibility index (Phi) is 5.13. The number of halogens is 1. The third-order valence-corrected chi connectivity index (χ3v) is 6.27. The molecule has 0 aliphatic carbocycles. The van der Waals surface area contributed by atoms with Crippen molar-refractivity contribution in [1.29, 1.82) is 0 Å². The largest absolute Gasteiger partial charge is 0.266 e. The van der Waals surface area contributed by atoms with Gasteiger partial charge in [-0.3, -0.25) is 9.40 Å². The van der Waals surface area contributed by atoms with Crippen molar-refractivity contribution >= 4 is 15.8 Å². The SMILES string of the molecule is Cc1nn(-c2ccccc2)c(C)c1S(=O)(=O)Nc1ccn(Cc2ccccc2F)n1. The number of nitrogens with one attached hydrogen (secondary N) is 1. The molecule has 0 saturated carbocycles. The summed E-state index contributed by atoms with van der Waals surface area (Å²) in [6.07, 6.45) is 1.59. The third kappa shape index (κ3) is 3.84. The Morgan fingerprint density at radius 3 is 2.40 bits per heavy atom. The van der Waals surface area contributed by atoms with Crippen LogP contribution in [0.5, 0.6) is 0 Å². The Labute approximate surface area is 173 Å². The molecule has 0 saturated heterocycles. The van der Waals surface area contributed by atoms with Crippen molar-refractivity contribution in [2.75, 3.05) is 4.72 Å². The molecular formula is C21H20FN5O2S. The Morgan fingerprint density at radius 2 is 1.67 bits per heavy atom. The van der Waals surface area contributed by atoms with Crippen LogP contribution in [0.15, 0.2) is 71.8 Å². The highest BCUT2D eigenvalue weighted by Gasteiger charge is 2.26. The molecule has 0 fully saturated rings. The normalized spacial score (nSPS) is 11.6. The predicted molar refractivity (Wildman–Crippen MR) is 112 cm³/mol. The average molecular weight is 425 g/mol. The molecule has 2 heterocycles. The molecule has 2 aromatic carbocycles. The van der Waals surface area contributed by atoms with Crippen molar-refractivity contribution < 1.29 is 12.8 Å². The van der Waals surface area contributed by atoms with Gasteiger partial charge in [-0.15, -0.1) is 0 Å². The van der Waals surface area contributed by atoms with E-state index in [0.29, 0.717) is 17.0 Å². The molecule has 0 aliphatic rings. The number of rotatable bonds is 6. The zero-order valence-corrected chi connectivity index (χ0v) is 17.3. The topological polar surface area (TPSA) is 81.8 Å². The van der Waals surface area contributed by atoms with E-state index in [0.717, 1.165) is 5.69 Å². The van der Waals surface area contributed by atoms with Gasteiger partial charge in [-0.25, -0.2) is 17.5 Å². The van der Waals surface area contributed by atoms with E-state index in [1.54, 1.807) is 42.9 Å². The van der Waals surface area contributed by atoms with Crippen LogP contribution in [-0.2, 0) is 16.6 Å². The van der Waals surface area contributed by atoms with E-state index in [9.17, 15) is 12.8 Å². The first-order chi connectivity index (χ1) is 14.3. The summed E-state index contributed by atoms with van der Waals surface area (Å²) in [6.45, 7) is 3.55. The second-order valence-corrected chi connectivity index (χ2v) is 8.46. The molecule has 0 amide bonds. The lowest BCUT2D eigenvalue weighted by Gasteiger charge is -2.07. The van der Waals surface area contributed by atoms with Crippen LogP contribution in [0.1, 0.15) is 17.0 Å². The van der Waals surface area contributed by atoms with Crippen LogP contribution < -0.4 is 4.72 Å². The molecule has 154 valence electrons. The molecule has 9 heteroatoms. The van der Waals surface area contributed by atoms with Crippen LogP contribution in [0.25, 0.3) is 5.69 Å². The molecule has 4 rings (SSSR count). The Bertz CT molecular complexity index is 1300. The zero-order valence-electron chi connectivity index (χ0n) is 16.4. The van der Waals surface area contributed by atoms with Crippen LogP contribution in [0.4, 0.5) is 10.2 Å². The molecule has 4 aromatic rings. The van der Waals surface area contributed by atoms with Gasteiger partial charge in [-0.2, -0.15) is 10.2 Å². The summed E-state index contributed by atoms with van der Waals surface area (Å²) in [6, 6.07) is 17.2. The summed E-state index contributed by atoms with van der Waals surface area (Å²) >= 11 is 0. The lowest BCUT2D eigenvalue weighted by molar-refractivity contribution is 0.585. The summed E-state index contributed by atoms with van der Waals surface area (Å²) < 4.78 is 45.5. The Morgan fingerprint density at radius 1 is 0.967 bits per heavy atom. The Balaban J connectivity index is 1.59. The first kappa shape index (κ1) is 19.8. The minimum absolute atomic E-state index is 0.106. The van der Waals surface area contributed by atoms with Crippen molar-refractivity contribution in [2.45, 2.75) is 25.3 Å². The van der Waals surface area contributed by atoms with Crippen LogP contribution in [-0.4, -0.2) is 28.0 Å². The minimum atomic E-state index is -3.91. The average Bonchev–Trinajstić information content (AvgIpc) is 3.27. The number of nitrogens with zero attached hydrogens (tertiary/aromatic N) is 4. The standard InChI is InChI=1S/C21H20FN5O2S/c1-15-21(16(2)27(23-15)18-9-4-3-5-10-18)30(28,29)25-20-12-13-26(24-20)14-17-8-6-7-11-19(17)22/h3-13H,14H2,1-2H3,(H,24,25). The highest BCUT2D eigenvalue weighted by molar-refractivity contribution is 7.92. The number of benzene rings is 2. The molecule has 0 spiro atoms. The highest BCUT2D eigenvalue weighted by Crippen LogP contribution is 2.24. The summed E-state index contributed by atoms with van der Waals surface area (Å²) in [5.41, 5.74) is 2.12. The second-order valence-electron chi connectivity index (χ2n) is 6.84. The van der Waals surface area contributed by atoms with Crippen LogP contribution in [0, 0.1) is 19.7 Å². The number of hydrogen-bond donors (Lipinski definition) is 1. The summed E-state index contributed by atoms with van der Waals surface area (Å²) in [5.74, 6) is -0.188. The molecule has 0 aliphatic heterocycles. The van der Waals surface area contributed by atoms with Gasteiger partial charge in [0.25, 0.3) is 10.0 Å². The Hall–Kier alpha value is -3.46. The van der Waals surface area contributed by atoms with Crippen LogP contribution >= 0.6 is 0 Å². The van der Waals surface area contributed by atoms with E-state index in [1.165, 1.54) is 16.8 Å². The molecule has 2 aromatic heterocycles. The fourth-order valence-electron chi connectivity index (χ4n) is 3.33. The maximum absolute atomic E-state index is 13.8. The smallest absolute Gasteiger partial charge is 0.266 e. The summed E-state index contributed by atoms with van der Waals surface area (Å²) in [7, 11) is -3.91. The molecule has 0 atom stereocenters. The number of anilines is 1. The number of aromatic nitrogens is 4. The van der Waals surface area contributed by atoms with Gasteiger partial charge < -0.3 is 0 Å². The van der Waals surface area contributed by atoms with Crippen LogP contribution in [0.2, 0.25) is 0 Å². The lowest BCUT2D eigenvalue weighted by Crippen LogP contribution is -2.15. The van der Waals surface area contributed by atoms with Gasteiger partial charge >= 0.3 is 0 Å². The van der Waals surface area contributed by atoms with Crippen molar-refractivity contribution in [3.63, 3.8) is 0 Å². The van der Waals surface area contributed by atoms with Gasteiger partial charge in [0, 0.05) is 17.8 Å². The van der Waals surface area contributed by atoms with E-state index in [-0.39, 0.29) is 23.1 Å². The number of hydrogen-bond acceptors (Lipinski definition) is 4. The van der Waals surface area contributed by atoms with Crippen LogP contribution in [0.3, 0.4) is 0 Å². The van der Waals surface area contributed by atoms with Crippen molar-refractivity contribution in [3.05, 3.63) is 89.6 Å². The lowest BCUT2D eigenvalue weighted by atomic mass is 10.2. The second kappa shape index (κ2) is 7.75. The van der Waals surface area contributed by atoms with E-state index in [4.69, 9.17) is 0 Å². The van der Waals surface area contributed by atoms with E-state index in [2.05, 4.69) is 14.9 Å². The van der Waals surface area contributed by atoms with Gasteiger partial charge in [0.15, 0.2) is 5.82 Å². The van der Waals surface area contributed by atoms with E-state index >= 15 is 0 Å². The maximum Gasteiger partial charge on any atom is 0.266 e. The highest BCUT2D eigenvalue weighted by atomic mass is 32.2. The number of sulfonamides is 1. The monoisotopic (exact) mass is 425 g/mol. The molecule has 0 radical (unpaired) electrons. The minimum Gasteiger partial charge on any atom is -0.266 e. The number of para-hydroxylation sites is 1. The van der Waals surface area contributed by atoms with E-state index < -0.39 is 10.0 Å². The zero-order chi connectivity index (χ0) is 21.3. The van der Waals surface area contributed by atoms with Crippen molar-refractivity contribution in [2.24, 2.45) is 0 Å². The molecule has 0 bridgehead atoms. The molecule has 7 nitrogen and oxygen atoms in total. The summed E-state index contributed by atoms with van der Waals surface area (Å²) in [5, 5.41) is 8.60. The quantitative estimate of drug-likeness (QED) is 0.511. The summed E-state index contributed by atoms with van der Waals surface area (Å²) in [4.78, 5) is 0.106. The fraction of sp³-hybridized carbons (Fsp3) is 0.143. The fourth-order valence-corrected chi connectivity index (χ4v) is 4.72. The van der Waals surface area contributed by atoms with Gasteiger partial charge in [-0.05, 0) is 32.0 Å². The molecular weight excluding hydrogens is 405 g/mol. The van der Waals surface area contributed by atoms with Gasteiger partial charge in [0.1, 0.15) is 10.7 Å². The maximum atomic E-state index is 13.8. The molecule has 1 N–H and O–H groups in total. The van der Waals surface area contributed by atoms with Gasteiger partial charge in [-0.1, -0.05) is 36.4 Å². The third-order valence-electron chi connectivity index (χ3n) is 4.66.